The van der Waals surface area contributed by atoms with Gasteiger partial charge in [0, 0.05) is 6.04 Å². The topological polar surface area (TPSA) is 12.0 Å². The summed E-state index contributed by atoms with van der Waals surface area (Å²) in [5.41, 5.74) is 1.52. The second-order valence-electron chi connectivity index (χ2n) is 4.58. The third-order valence-corrected chi connectivity index (χ3v) is 2.94. The van der Waals surface area contributed by atoms with E-state index in [0.717, 1.165) is 11.8 Å². The fraction of sp³-hybridized carbons (Fsp3) is 0.538. The predicted molar refractivity (Wildman–Crippen MR) is 60.4 cm³/mol. The Hall–Kier alpha value is -0.820. The molecule has 0 aromatic heterocycles. The van der Waals surface area contributed by atoms with Gasteiger partial charge in [0.05, 0.1) is 0 Å². The van der Waals surface area contributed by atoms with Crippen LogP contribution in [0.15, 0.2) is 30.3 Å². The summed E-state index contributed by atoms with van der Waals surface area (Å²) in [6.07, 6.45) is 1.36. The summed E-state index contributed by atoms with van der Waals surface area (Å²) in [5, 5.41) is 3.51. The quantitative estimate of drug-likeness (QED) is 0.768. The van der Waals surface area contributed by atoms with Crippen molar-refractivity contribution in [2.75, 3.05) is 6.54 Å². The summed E-state index contributed by atoms with van der Waals surface area (Å²) in [7, 11) is 0. The lowest BCUT2D eigenvalue weighted by atomic mass is 10.1. The highest BCUT2D eigenvalue weighted by Gasteiger charge is 2.37. The van der Waals surface area contributed by atoms with Crippen LogP contribution in [0.25, 0.3) is 0 Å². The molecular weight excluding hydrogens is 170 g/mol. The minimum absolute atomic E-state index is 0.618. The average molecular weight is 189 g/mol. The van der Waals surface area contributed by atoms with Crippen LogP contribution in [0.3, 0.4) is 0 Å². The van der Waals surface area contributed by atoms with Gasteiger partial charge >= 0.3 is 0 Å². The maximum absolute atomic E-state index is 3.51. The van der Waals surface area contributed by atoms with E-state index in [4.69, 9.17) is 0 Å². The van der Waals surface area contributed by atoms with Crippen LogP contribution < -0.4 is 5.32 Å². The highest BCUT2D eigenvalue weighted by Crippen LogP contribution is 2.46. The monoisotopic (exact) mass is 189 g/mol. The molecule has 1 aliphatic rings. The van der Waals surface area contributed by atoms with Crippen LogP contribution >= 0.6 is 0 Å². The van der Waals surface area contributed by atoms with Crippen molar-refractivity contribution in [1.29, 1.82) is 0 Å². The highest BCUT2D eigenvalue weighted by molar-refractivity contribution is 5.25. The molecule has 1 aromatic carbocycles. The SMILES string of the molecule is CC(C)NC[C@@H]1C[C@H]1c1ccccc1. The number of hydrogen-bond donors (Lipinski definition) is 1. The second-order valence-corrected chi connectivity index (χ2v) is 4.58. The molecule has 1 saturated carbocycles. The van der Waals surface area contributed by atoms with Crippen LogP contribution in [0.4, 0.5) is 0 Å². The van der Waals surface area contributed by atoms with Crippen LogP contribution in [0.1, 0.15) is 31.7 Å². The van der Waals surface area contributed by atoms with E-state index >= 15 is 0 Å². The molecule has 1 N–H and O–H groups in total. The fourth-order valence-corrected chi connectivity index (χ4v) is 1.97. The van der Waals surface area contributed by atoms with Crippen molar-refractivity contribution in [3.63, 3.8) is 0 Å². The normalized spacial score (nSPS) is 25.4. The summed E-state index contributed by atoms with van der Waals surface area (Å²) < 4.78 is 0. The van der Waals surface area contributed by atoms with Gasteiger partial charge in [-0.2, -0.15) is 0 Å². The summed E-state index contributed by atoms with van der Waals surface area (Å²) >= 11 is 0. The summed E-state index contributed by atoms with van der Waals surface area (Å²) in [5.74, 6) is 1.70. The fourth-order valence-electron chi connectivity index (χ4n) is 1.97. The third kappa shape index (κ3) is 2.36. The zero-order valence-electron chi connectivity index (χ0n) is 9.03. The molecular formula is C13H19N. The zero-order chi connectivity index (χ0) is 9.97. The molecule has 0 spiro atoms. The van der Waals surface area contributed by atoms with Crippen LogP contribution in [-0.4, -0.2) is 12.6 Å². The maximum atomic E-state index is 3.51. The Morgan fingerprint density at radius 3 is 2.64 bits per heavy atom. The van der Waals surface area contributed by atoms with E-state index in [1.807, 2.05) is 0 Å². The molecule has 1 heteroatoms. The van der Waals surface area contributed by atoms with Gasteiger partial charge < -0.3 is 5.32 Å². The number of hydrogen-bond acceptors (Lipinski definition) is 1. The Morgan fingerprint density at radius 1 is 1.29 bits per heavy atom. The lowest BCUT2D eigenvalue weighted by Crippen LogP contribution is -2.25. The molecule has 0 amide bonds. The molecule has 0 saturated heterocycles. The lowest BCUT2D eigenvalue weighted by Gasteiger charge is -2.07. The Labute approximate surface area is 86.5 Å². The molecule has 14 heavy (non-hydrogen) atoms. The zero-order valence-corrected chi connectivity index (χ0v) is 9.03. The standard InChI is InChI=1S/C13H19N/c1-10(2)14-9-12-8-13(12)11-6-4-3-5-7-11/h3-7,10,12-14H,8-9H2,1-2H3/t12-,13-/m0/s1. The molecule has 2 rings (SSSR count). The van der Waals surface area contributed by atoms with Gasteiger partial charge in [-0.15, -0.1) is 0 Å². The number of rotatable bonds is 4. The van der Waals surface area contributed by atoms with Crippen molar-refractivity contribution in [2.45, 2.75) is 32.2 Å². The van der Waals surface area contributed by atoms with Gasteiger partial charge in [0.25, 0.3) is 0 Å². The average Bonchev–Trinajstić information content (AvgIpc) is 2.95. The summed E-state index contributed by atoms with van der Waals surface area (Å²) in [4.78, 5) is 0. The molecule has 2 atom stereocenters. The first kappa shape index (κ1) is 9.72. The molecule has 0 unspecified atom stereocenters. The van der Waals surface area contributed by atoms with Gasteiger partial charge in [-0.3, -0.25) is 0 Å². The van der Waals surface area contributed by atoms with Gasteiger partial charge in [-0.05, 0) is 30.4 Å². The van der Waals surface area contributed by atoms with Crippen molar-refractivity contribution in [2.24, 2.45) is 5.92 Å². The Morgan fingerprint density at radius 2 is 2.00 bits per heavy atom. The molecule has 0 heterocycles. The first-order chi connectivity index (χ1) is 6.77. The van der Waals surface area contributed by atoms with Gasteiger partial charge in [-0.25, -0.2) is 0 Å². The first-order valence-corrected chi connectivity index (χ1v) is 5.55. The van der Waals surface area contributed by atoms with Gasteiger partial charge in [0.1, 0.15) is 0 Å². The van der Waals surface area contributed by atoms with Crippen molar-refractivity contribution in [3.05, 3.63) is 35.9 Å². The van der Waals surface area contributed by atoms with Gasteiger partial charge in [-0.1, -0.05) is 44.2 Å². The Kier molecular flexibility index (Phi) is 2.87. The minimum atomic E-state index is 0.618. The molecule has 0 radical (unpaired) electrons. The van der Waals surface area contributed by atoms with Crippen molar-refractivity contribution in [1.82, 2.24) is 5.32 Å². The van der Waals surface area contributed by atoms with Crippen LogP contribution in [-0.2, 0) is 0 Å². The number of benzene rings is 1. The molecule has 76 valence electrons. The van der Waals surface area contributed by atoms with E-state index in [0.29, 0.717) is 6.04 Å². The van der Waals surface area contributed by atoms with E-state index in [1.165, 1.54) is 18.5 Å². The summed E-state index contributed by atoms with van der Waals surface area (Å²) in [6, 6.07) is 11.5. The highest BCUT2D eigenvalue weighted by atomic mass is 14.9. The van der Waals surface area contributed by atoms with E-state index in [-0.39, 0.29) is 0 Å². The summed E-state index contributed by atoms with van der Waals surface area (Å²) in [6.45, 7) is 5.59. The molecule has 1 aromatic rings. The largest absolute Gasteiger partial charge is 0.314 e. The molecule has 1 aliphatic carbocycles. The molecule has 0 bridgehead atoms. The van der Waals surface area contributed by atoms with E-state index in [1.54, 1.807) is 0 Å². The number of nitrogens with one attached hydrogen (secondary N) is 1. The van der Waals surface area contributed by atoms with Crippen LogP contribution in [0, 0.1) is 5.92 Å². The van der Waals surface area contributed by atoms with Crippen molar-refractivity contribution in [3.8, 4) is 0 Å². The van der Waals surface area contributed by atoms with Crippen molar-refractivity contribution < 1.29 is 0 Å². The first-order valence-electron chi connectivity index (χ1n) is 5.55. The van der Waals surface area contributed by atoms with Crippen molar-refractivity contribution >= 4 is 0 Å². The molecule has 1 nitrogen and oxygen atoms in total. The lowest BCUT2D eigenvalue weighted by molar-refractivity contribution is 0.554. The van der Waals surface area contributed by atoms with Crippen LogP contribution in [0.2, 0.25) is 0 Å². The van der Waals surface area contributed by atoms with Crippen LogP contribution in [0.5, 0.6) is 0 Å². The minimum Gasteiger partial charge on any atom is -0.314 e. The third-order valence-electron chi connectivity index (χ3n) is 2.94. The second kappa shape index (κ2) is 4.14. The van der Waals surface area contributed by atoms with E-state index in [2.05, 4.69) is 49.5 Å². The van der Waals surface area contributed by atoms with Gasteiger partial charge in [0.2, 0.25) is 0 Å². The van der Waals surface area contributed by atoms with E-state index in [9.17, 15) is 0 Å². The van der Waals surface area contributed by atoms with Gasteiger partial charge in [0.15, 0.2) is 0 Å². The maximum Gasteiger partial charge on any atom is 0.00104 e. The Bertz CT molecular complexity index is 279. The van der Waals surface area contributed by atoms with E-state index < -0.39 is 0 Å². The Balaban J connectivity index is 1.82. The predicted octanol–water partition coefficient (Wildman–Crippen LogP) is 2.79. The molecule has 0 aliphatic heterocycles. The molecule has 1 fully saturated rings. The smallest absolute Gasteiger partial charge is 0.00104 e.